The van der Waals surface area contributed by atoms with E-state index in [2.05, 4.69) is 25.4 Å². The standard InChI is InChI=1S/C30H26N8O4/c1-17(20-8-4-5-14-31-20)34-35-30-32-21-9-2-3-10-22(21)37(30)18-15-36(16-18)23-11-6-7-19-26(23)29(42)38(28(19)41)24-12-13-25(39)33-27(24)40/h2-11,14,18,24H,12-13,15-16H2,1H3,(H,32,35)(H,33,39,40)/b34-17+. The molecule has 42 heavy (non-hydrogen) atoms. The SMILES string of the molecule is C/C(=N\Nc1nc2ccccc2n1C1CN(c2cccc3c2C(=O)N(C2CCC(=O)NC2=O)C3=O)C1)c1ccccn1. The van der Waals surface area contributed by atoms with Crippen LogP contribution in [0.1, 0.15) is 52.2 Å². The Labute approximate surface area is 240 Å². The van der Waals surface area contributed by atoms with Crippen LogP contribution in [-0.2, 0) is 9.59 Å². The number of hydrogen-bond acceptors (Lipinski definition) is 9. The molecule has 210 valence electrons. The summed E-state index contributed by atoms with van der Waals surface area (Å²) in [4.78, 5) is 63.1. The van der Waals surface area contributed by atoms with Gasteiger partial charge in [0.2, 0.25) is 17.8 Å². The van der Waals surface area contributed by atoms with Crippen molar-refractivity contribution in [1.29, 1.82) is 0 Å². The molecule has 1 unspecified atom stereocenters. The first-order valence-electron chi connectivity index (χ1n) is 13.7. The van der Waals surface area contributed by atoms with Crippen molar-refractivity contribution in [1.82, 2.24) is 24.8 Å². The van der Waals surface area contributed by atoms with Crippen LogP contribution >= 0.6 is 0 Å². The summed E-state index contributed by atoms with van der Waals surface area (Å²) >= 11 is 0. The lowest BCUT2D eigenvalue weighted by Gasteiger charge is -2.42. The van der Waals surface area contributed by atoms with Crippen molar-refractivity contribution in [3.63, 3.8) is 0 Å². The molecule has 0 aliphatic carbocycles. The normalized spacial score (nSPS) is 19.3. The van der Waals surface area contributed by atoms with Crippen molar-refractivity contribution in [3.05, 3.63) is 83.7 Å². The first kappa shape index (κ1) is 25.6. The quantitative estimate of drug-likeness (QED) is 0.208. The van der Waals surface area contributed by atoms with Crippen molar-refractivity contribution < 1.29 is 19.2 Å². The van der Waals surface area contributed by atoms with Crippen LogP contribution in [0, 0.1) is 0 Å². The van der Waals surface area contributed by atoms with Crippen molar-refractivity contribution in [2.45, 2.75) is 31.8 Å². The molecule has 0 bridgehead atoms. The maximum Gasteiger partial charge on any atom is 0.264 e. The molecule has 12 heteroatoms. The van der Waals surface area contributed by atoms with E-state index in [1.165, 1.54) is 0 Å². The van der Waals surface area contributed by atoms with Gasteiger partial charge < -0.3 is 9.47 Å². The maximum absolute atomic E-state index is 13.6. The summed E-state index contributed by atoms with van der Waals surface area (Å²) in [6.07, 6.45) is 1.91. The number of hydrogen-bond donors (Lipinski definition) is 2. The number of imidazole rings is 1. The first-order chi connectivity index (χ1) is 20.4. The van der Waals surface area contributed by atoms with E-state index < -0.39 is 29.7 Å². The number of hydrazone groups is 1. The third kappa shape index (κ3) is 4.10. The average Bonchev–Trinajstić information content (AvgIpc) is 3.46. The van der Waals surface area contributed by atoms with Gasteiger partial charge in [-0.05, 0) is 49.7 Å². The van der Waals surface area contributed by atoms with Gasteiger partial charge in [0, 0.05) is 25.7 Å². The second kappa shape index (κ2) is 9.91. The minimum absolute atomic E-state index is 0.0135. The average molecular weight is 563 g/mol. The molecule has 2 N–H and O–H groups in total. The van der Waals surface area contributed by atoms with Gasteiger partial charge in [-0.25, -0.2) is 10.4 Å². The highest BCUT2D eigenvalue weighted by Gasteiger charge is 2.47. The van der Waals surface area contributed by atoms with Gasteiger partial charge in [-0.1, -0.05) is 24.3 Å². The molecule has 7 rings (SSSR count). The van der Waals surface area contributed by atoms with Crippen LogP contribution in [-0.4, -0.2) is 67.9 Å². The number of carbonyl (C=O) groups is 4. The summed E-state index contributed by atoms with van der Waals surface area (Å²) in [5.41, 5.74) is 7.56. The molecule has 2 saturated heterocycles. The number of pyridine rings is 1. The molecule has 4 amide bonds. The number of aromatic nitrogens is 3. The fraction of sp³-hybridized carbons (Fsp3) is 0.233. The highest BCUT2D eigenvalue weighted by atomic mass is 16.2. The molecule has 12 nitrogen and oxygen atoms in total. The van der Waals surface area contributed by atoms with Crippen molar-refractivity contribution >= 4 is 52.0 Å². The van der Waals surface area contributed by atoms with E-state index in [0.29, 0.717) is 30.4 Å². The Morgan fingerprint density at radius 3 is 2.57 bits per heavy atom. The van der Waals surface area contributed by atoms with Gasteiger partial charge in [-0.2, -0.15) is 5.10 Å². The highest BCUT2D eigenvalue weighted by Crippen LogP contribution is 2.39. The number of amides is 4. The molecule has 0 saturated carbocycles. The first-order valence-corrected chi connectivity index (χ1v) is 13.7. The second-order valence-electron chi connectivity index (χ2n) is 10.5. The van der Waals surface area contributed by atoms with Gasteiger partial charge in [0.05, 0.1) is 45.3 Å². The molecule has 0 radical (unpaired) electrons. The van der Waals surface area contributed by atoms with E-state index in [9.17, 15) is 19.2 Å². The number of rotatable bonds is 6. The predicted octanol–water partition coefficient (Wildman–Crippen LogP) is 2.73. The summed E-state index contributed by atoms with van der Waals surface area (Å²) in [7, 11) is 0. The number of piperidine rings is 1. The molecule has 1 atom stereocenters. The molecule has 5 heterocycles. The Bertz CT molecular complexity index is 1810. The fourth-order valence-electron chi connectivity index (χ4n) is 5.84. The number of nitrogens with zero attached hydrogens (tertiary/aromatic N) is 6. The number of anilines is 2. The van der Waals surface area contributed by atoms with E-state index in [-0.39, 0.29) is 30.0 Å². The van der Waals surface area contributed by atoms with Crippen LogP contribution in [0.3, 0.4) is 0 Å². The van der Waals surface area contributed by atoms with E-state index in [0.717, 1.165) is 21.6 Å². The summed E-state index contributed by atoms with van der Waals surface area (Å²) in [5, 5.41) is 6.77. The summed E-state index contributed by atoms with van der Waals surface area (Å²) in [5.74, 6) is -1.47. The number of fused-ring (bicyclic) bond motifs is 2. The molecule has 2 fully saturated rings. The Morgan fingerprint density at radius 1 is 0.976 bits per heavy atom. The van der Waals surface area contributed by atoms with Crippen LogP contribution in [0.25, 0.3) is 11.0 Å². The Balaban J connectivity index is 1.15. The summed E-state index contributed by atoms with van der Waals surface area (Å²) in [6, 6.07) is 17.7. The van der Waals surface area contributed by atoms with Gasteiger partial charge >= 0.3 is 0 Å². The van der Waals surface area contributed by atoms with Gasteiger partial charge in [0.1, 0.15) is 6.04 Å². The molecule has 3 aliphatic heterocycles. The van der Waals surface area contributed by atoms with Crippen LogP contribution in [0.5, 0.6) is 0 Å². The number of para-hydroxylation sites is 2. The number of carbonyl (C=O) groups excluding carboxylic acids is 4. The van der Waals surface area contributed by atoms with Crippen LogP contribution in [0.4, 0.5) is 11.6 Å². The van der Waals surface area contributed by atoms with Gasteiger partial charge in [0.25, 0.3) is 11.8 Å². The molecule has 3 aliphatic rings. The zero-order valence-electron chi connectivity index (χ0n) is 22.7. The van der Waals surface area contributed by atoms with E-state index in [4.69, 9.17) is 4.98 Å². The van der Waals surface area contributed by atoms with Crippen LogP contribution in [0.2, 0.25) is 0 Å². The largest absolute Gasteiger partial charge is 0.367 e. The van der Waals surface area contributed by atoms with Crippen LogP contribution in [0.15, 0.2) is 72.0 Å². The van der Waals surface area contributed by atoms with Gasteiger partial charge in [-0.15, -0.1) is 0 Å². The van der Waals surface area contributed by atoms with Crippen molar-refractivity contribution in [2.24, 2.45) is 5.10 Å². The number of benzene rings is 2. The van der Waals surface area contributed by atoms with E-state index in [1.807, 2.05) is 60.4 Å². The number of nitrogens with one attached hydrogen (secondary N) is 2. The molecule has 2 aromatic heterocycles. The summed E-state index contributed by atoms with van der Waals surface area (Å²) < 4.78 is 2.10. The smallest absolute Gasteiger partial charge is 0.264 e. The summed E-state index contributed by atoms with van der Waals surface area (Å²) in [6.45, 7) is 3.00. The second-order valence-corrected chi connectivity index (χ2v) is 10.5. The topological polar surface area (TPSA) is 142 Å². The fourth-order valence-corrected chi connectivity index (χ4v) is 5.84. The molecule has 2 aromatic carbocycles. The van der Waals surface area contributed by atoms with Crippen molar-refractivity contribution in [2.75, 3.05) is 23.4 Å². The lowest BCUT2D eigenvalue weighted by atomic mass is 10.0. The maximum atomic E-state index is 13.6. The third-order valence-electron chi connectivity index (χ3n) is 7.97. The Morgan fingerprint density at radius 2 is 1.79 bits per heavy atom. The minimum atomic E-state index is -1.01. The zero-order valence-corrected chi connectivity index (χ0v) is 22.7. The molecule has 4 aromatic rings. The third-order valence-corrected chi connectivity index (χ3v) is 7.97. The Kier molecular flexibility index (Phi) is 6.03. The highest BCUT2D eigenvalue weighted by molar-refractivity contribution is 6.25. The zero-order chi connectivity index (χ0) is 29.0. The molecule has 0 spiro atoms. The van der Waals surface area contributed by atoms with Crippen molar-refractivity contribution in [3.8, 4) is 0 Å². The molecular weight excluding hydrogens is 536 g/mol. The molecular formula is C30H26N8O4. The lowest BCUT2D eigenvalue weighted by Crippen LogP contribution is -2.54. The van der Waals surface area contributed by atoms with Gasteiger partial charge in [0.15, 0.2) is 0 Å². The van der Waals surface area contributed by atoms with Crippen LogP contribution < -0.4 is 15.6 Å². The van der Waals surface area contributed by atoms with E-state index >= 15 is 0 Å². The monoisotopic (exact) mass is 562 g/mol. The number of imide groups is 2. The van der Waals surface area contributed by atoms with Gasteiger partial charge in [-0.3, -0.25) is 34.4 Å². The predicted molar refractivity (Wildman–Crippen MR) is 154 cm³/mol. The lowest BCUT2D eigenvalue weighted by molar-refractivity contribution is -0.136. The minimum Gasteiger partial charge on any atom is -0.367 e. The Hall–Kier alpha value is -5.39. The van der Waals surface area contributed by atoms with E-state index in [1.54, 1.807) is 18.3 Å².